The van der Waals surface area contributed by atoms with Crippen LogP contribution >= 0.6 is 0 Å². The minimum Gasteiger partial charge on any atom is -0.396 e. The van der Waals surface area contributed by atoms with Crippen molar-refractivity contribution < 1.29 is 5.11 Å². The largest absolute Gasteiger partial charge is 0.396 e. The van der Waals surface area contributed by atoms with Crippen LogP contribution in [0.2, 0.25) is 0 Å². The molecular weight excluding hydrogens is 198 g/mol. The normalized spacial score (nSPS) is 14.8. The number of aliphatic hydroxyl groups is 1. The molecule has 1 aromatic carbocycles. The maximum Gasteiger partial charge on any atom is 0.0474 e. The van der Waals surface area contributed by atoms with Crippen LogP contribution in [0.4, 0.5) is 0 Å². The predicted molar refractivity (Wildman–Crippen MR) is 68.3 cm³/mol. The van der Waals surface area contributed by atoms with Gasteiger partial charge in [-0.3, -0.25) is 0 Å². The number of hydrogen-bond donors (Lipinski definition) is 2. The van der Waals surface area contributed by atoms with Crippen LogP contribution in [0.15, 0.2) is 24.3 Å². The monoisotopic (exact) mass is 221 g/mol. The molecule has 0 aromatic heterocycles. The maximum absolute atomic E-state index is 9.18. The minimum atomic E-state index is 0.185. The Hall–Kier alpha value is -0.860. The standard InChI is InChI=1S/C14H23NO/c1-3-12-4-6-13(7-5-12)8-11(2)14(9-15)10-16/h4-7,11,14,16H,3,8-10,15H2,1-2H3. The van der Waals surface area contributed by atoms with Crippen molar-refractivity contribution in [3.8, 4) is 0 Å². The summed E-state index contributed by atoms with van der Waals surface area (Å²) in [7, 11) is 0. The topological polar surface area (TPSA) is 46.2 Å². The van der Waals surface area contributed by atoms with Crippen LogP contribution in [0.25, 0.3) is 0 Å². The van der Waals surface area contributed by atoms with Crippen LogP contribution in [-0.4, -0.2) is 18.3 Å². The molecule has 0 saturated heterocycles. The second-order valence-electron chi connectivity index (χ2n) is 4.53. The minimum absolute atomic E-state index is 0.185. The zero-order chi connectivity index (χ0) is 12.0. The third kappa shape index (κ3) is 3.62. The van der Waals surface area contributed by atoms with Crippen molar-refractivity contribution in [3.63, 3.8) is 0 Å². The van der Waals surface area contributed by atoms with Gasteiger partial charge in [0.05, 0.1) is 0 Å². The van der Waals surface area contributed by atoms with Crippen LogP contribution in [0.1, 0.15) is 25.0 Å². The lowest BCUT2D eigenvalue weighted by atomic mass is 9.88. The van der Waals surface area contributed by atoms with Crippen LogP contribution < -0.4 is 5.73 Å². The highest BCUT2D eigenvalue weighted by Crippen LogP contribution is 2.17. The molecule has 2 unspecified atom stereocenters. The van der Waals surface area contributed by atoms with E-state index in [1.54, 1.807) is 0 Å². The van der Waals surface area contributed by atoms with E-state index in [-0.39, 0.29) is 12.5 Å². The van der Waals surface area contributed by atoms with Crippen molar-refractivity contribution in [3.05, 3.63) is 35.4 Å². The van der Waals surface area contributed by atoms with Crippen molar-refractivity contribution in [2.75, 3.05) is 13.2 Å². The van der Waals surface area contributed by atoms with Crippen molar-refractivity contribution in [2.24, 2.45) is 17.6 Å². The van der Waals surface area contributed by atoms with Gasteiger partial charge in [0, 0.05) is 6.61 Å². The highest BCUT2D eigenvalue weighted by molar-refractivity contribution is 5.22. The number of benzene rings is 1. The zero-order valence-corrected chi connectivity index (χ0v) is 10.3. The van der Waals surface area contributed by atoms with Gasteiger partial charge in [-0.15, -0.1) is 0 Å². The molecule has 2 atom stereocenters. The molecule has 0 saturated carbocycles. The first-order chi connectivity index (χ1) is 7.71. The average molecular weight is 221 g/mol. The Balaban J connectivity index is 2.58. The van der Waals surface area contributed by atoms with Gasteiger partial charge in [-0.25, -0.2) is 0 Å². The Morgan fingerprint density at radius 2 is 1.75 bits per heavy atom. The lowest BCUT2D eigenvalue weighted by Gasteiger charge is -2.20. The summed E-state index contributed by atoms with van der Waals surface area (Å²) >= 11 is 0. The molecule has 1 rings (SSSR count). The van der Waals surface area contributed by atoms with Crippen LogP contribution in [-0.2, 0) is 12.8 Å². The average Bonchev–Trinajstić information content (AvgIpc) is 2.31. The first kappa shape index (κ1) is 13.2. The number of hydrogen-bond acceptors (Lipinski definition) is 2. The molecule has 0 spiro atoms. The van der Waals surface area contributed by atoms with E-state index >= 15 is 0 Å². The lowest BCUT2D eigenvalue weighted by Crippen LogP contribution is -2.26. The second kappa shape index (κ2) is 6.66. The summed E-state index contributed by atoms with van der Waals surface area (Å²) in [4.78, 5) is 0. The summed E-state index contributed by atoms with van der Waals surface area (Å²) in [6.45, 7) is 5.06. The van der Waals surface area contributed by atoms with Gasteiger partial charge in [0.25, 0.3) is 0 Å². The molecule has 0 aliphatic rings. The number of nitrogens with two attached hydrogens (primary N) is 1. The quantitative estimate of drug-likeness (QED) is 0.771. The van der Waals surface area contributed by atoms with Crippen molar-refractivity contribution in [2.45, 2.75) is 26.7 Å². The fraction of sp³-hybridized carbons (Fsp3) is 0.571. The molecular formula is C14H23NO. The molecule has 3 N–H and O–H groups in total. The number of rotatable bonds is 6. The van der Waals surface area contributed by atoms with Gasteiger partial charge in [0.2, 0.25) is 0 Å². The van der Waals surface area contributed by atoms with Gasteiger partial charge in [-0.2, -0.15) is 0 Å². The van der Waals surface area contributed by atoms with E-state index < -0.39 is 0 Å². The van der Waals surface area contributed by atoms with Gasteiger partial charge in [0.15, 0.2) is 0 Å². The fourth-order valence-electron chi connectivity index (χ4n) is 1.94. The molecule has 0 heterocycles. The van der Waals surface area contributed by atoms with Crippen molar-refractivity contribution >= 4 is 0 Å². The van der Waals surface area contributed by atoms with E-state index in [0.29, 0.717) is 12.5 Å². The summed E-state index contributed by atoms with van der Waals surface area (Å²) in [5.41, 5.74) is 8.32. The molecule has 0 fully saturated rings. The van der Waals surface area contributed by atoms with Gasteiger partial charge in [-0.1, -0.05) is 38.1 Å². The lowest BCUT2D eigenvalue weighted by molar-refractivity contribution is 0.187. The summed E-state index contributed by atoms with van der Waals surface area (Å²) in [6.07, 6.45) is 2.07. The van der Waals surface area contributed by atoms with Crippen LogP contribution in [0.5, 0.6) is 0 Å². The van der Waals surface area contributed by atoms with E-state index in [2.05, 4.69) is 38.1 Å². The van der Waals surface area contributed by atoms with Crippen molar-refractivity contribution in [1.29, 1.82) is 0 Å². The third-order valence-electron chi connectivity index (χ3n) is 3.33. The highest BCUT2D eigenvalue weighted by atomic mass is 16.3. The van der Waals surface area contributed by atoms with Gasteiger partial charge >= 0.3 is 0 Å². The summed E-state index contributed by atoms with van der Waals surface area (Å²) in [5, 5.41) is 9.18. The number of aryl methyl sites for hydroxylation is 1. The molecule has 0 bridgehead atoms. The third-order valence-corrected chi connectivity index (χ3v) is 3.33. The van der Waals surface area contributed by atoms with Gasteiger partial charge < -0.3 is 10.8 Å². The molecule has 0 aliphatic heterocycles. The first-order valence-corrected chi connectivity index (χ1v) is 6.10. The van der Waals surface area contributed by atoms with Crippen LogP contribution in [0.3, 0.4) is 0 Å². The highest BCUT2D eigenvalue weighted by Gasteiger charge is 2.14. The van der Waals surface area contributed by atoms with E-state index in [0.717, 1.165) is 12.8 Å². The first-order valence-electron chi connectivity index (χ1n) is 6.10. The van der Waals surface area contributed by atoms with Crippen molar-refractivity contribution in [1.82, 2.24) is 0 Å². The van der Waals surface area contributed by atoms with E-state index in [1.807, 2.05) is 0 Å². The Morgan fingerprint density at radius 1 is 1.19 bits per heavy atom. The molecule has 90 valence electrons. The summed E-state index contributed by atoms with van der Waals surface area (Å²) in [6, 6.07) is 8.72. The SMILES string of the molecule is CCc1ccc(CC(C)C(CN)CO)cc1. The molecule has 1 aromatic rings. The molecule has 0 radical (unpaired) electrons. The van der Waals surface area contributed by atoms with Gasteiger partial charge in [0.1, 0.15) is 0 Å². The Bertz CT molecular complexity index is 290. The fourth-order valence-corrected chi connectivity index (χ4v) is 1.94. The van der Waals surface area contributed by atoms with E-state index in [4.69, 9.17) is 5.73 Å². The Kier molecular flexibility index (Phi) is 5.50. The van der Waals surface area contributed by atoms with E-state index in [9.17, 15) is 5.11 Å². The molecule has 2 nitrogen and oxygen atoms in total. The Labute approximate surface area is 98.5 Å². The zero-order valence-electron chi connectivity index (χ0n) is 10.3. The summed E-state index contributed by atoms with van der Waals surface area (Å²) in [5.74, 6) is 0.647. The second-order valence-corrected chi connectivity index (χ2v) is 4.53. The Morgan fingerprint density at radius 3 is 2.19 bits per heavy atom. The molecule has 2 heteroatoms. The molecule has 16 heavy (non-hydrogen) atoms. The van der Waals surface area contributed by atoms with Crippen LogP contribution in [0, 0.1) is 11.8 Å². The summed E-state index contributed by atoms with van der Waals surface area (Å²) < 4.78 is 0. The van der Waals surface area contributed by atoms with E-state index in [1.165, 1.54) is 11.1 Å². The number of aliphatic hydroxyl groups excluding tert-OH is 1. The van der Waals surface area contributed by atoms with Gasteiger partial charge in [-0.05, 0) is 42.3 Å². The smallest absolute Gasteiger partial charge is 0.0474 e. The molecule has 0 amide bonds. The molecule has 0 aliphatic carbocycles. The maximum atomic E-state index is 9.18. The predicted octanol–water partition coefficient (Wildman–Crippen LogP) is 1.99.